The van der Waals surface area contributed by atoms with Crippen LogP contribution in [0.2, 0.25) is 0 Å². The number of thioether (sulfide) groups is 1. The fraction of sp³-hybridized carbons (Fsp3) is 0.323. The zero-order valence-corrected chi connectivity index (χ0v) is 23.2. The van der Waals surface area contributed by atoms with Crippen molar-refractivity contribution in [2.75, 3.05) is 11.1 Å². The predicted molar refractivity (Wildman–Crippen MR) is 154 cm³/mol. The van der Waals surface area contributed by atoms with Gasteiger partial charge in [-0.15, -0.1) is 11.8 Å². The molecule has 4 N–H and O–H groups in total. The number of aromatic carboxylic acids is 1. The summed E-state index contributed by atoms with van der Waals surface area (Å²) in [6.07, 6.45) is 0.642. The fourth-order valence-electron chi connectivity index (χ4n) is 4.45. The molecule has 0 bridgehead atoms. The van der Waals surface area contributed by atoms with Crippen LogP contribution in [-0.2, 0) is 25.7 Å². The zero-order valence-electron chi connectivity index (χ0n) is 22.4. The van der Waals surface area contributed by atoms with Crippen molar-refractivity contribution in [1.82, 2.24) is 0 Å². The number of carboxylic acid groups (broad SMARTS) is 2. The molecule has 0 spiro atoms. The van der Waals surface area contributed by atoms with Crippen LogP contribution in [0.3, 0.4) is 0 Å². The number of amides is 1. The number of carboxylic acids is 2. The Balaban J connectivity index is 1.46. The number of aliphatic hydroxyl groups excluding tert-OH is 1. The van der Waals surface area contributed by atoms with E-state index in [1.807, 2.05) is 42.5 Å². The van der Waals surface area contributed by atoms with Crippen LogP contribution in [0, 0.1) is 0 Å². The summed E-state index contributed by atoms with van der Waals surface area (Å²) >= 11 is 1.57. The fourth-order valence-corrected chi connectivity index (χ4v) is 5.38. The third kappa shape index (κ3) is 9.15. The molecule has 0 unspecified atom stereocenters. The SMILES string of the molecule is O=C(O)CCCCC(=O)Nc1cccc([C@@H]2O[C@H](CSc3ccc(C(=O)O)cc3)C[C@H](c3ccc(CO)cc3)O2)c1. The van der Waals surface area contributed by atoms with Crippen molar-refractivity contribution >= 4 is 35.3 Å². The second-order valence-electron chi connectivity index (χ2n) is 9.77. The summed E-state index contributed by atoms with van der Waals surface area (Å²) in [7, 11) is 0. The van der Waals surface area contributed by atoms with Crippen LogP contribution in [0.5, 0.6) is 0 Å². The van der Waals surface area contributed by atoms with Gasteiger partial charge in [0.15, 0.2) is 6.29 Å². The van der Waals surface area contributed by atoms with Crippen molar-refractivity contribution < 1.29 is 39.2 Å². The molecular weight excluding hydrogens is 546 g/mol. The maximum absolute atomic E-state index is 12.4. The van der Waals surface area contributed by atoms with Gasteiger partial charge >= 0.3 is 11.9 Å². The Hall–Kier alpha value is -3.70. The average molecular weight is 580 g/mol. The minimum atomic E-state index is -0.969. The minimum Gasteiger partial charge on any atom is -0.481 e. The van der Waals surface area contributed by atoms with E-state index in [9.17, 15) is 19.5 Å². The zero-order chi connectivity index (χ0) is 29.2. The quantitative estimate of drug-likeness (QED) is 0.146. The van der Waals surface area contributed by atoms with Crippen LogP contribution < -0.4 is 5.32 Å². The Morgan fingerprint density at radius 3 is 2.29 bits per heavy atom. The van der Waals surface area contributed by atoms with Gasteiger partial charge in [-0.1, -0.05) is 36.4 Å². The van der Waals surface area contributed by atoms with Crippen molar-refractivity contribution in [3.63, 3.8) is 0 Å². The maximum Gasteiger partial charge on any atom is 0.335 e. The molecule has 0 aromatic heterocycles. The Morgan fingerprint density at radius 2 is 1.61 bits per heavy atom. The van der Waals surface area contributed by atoms with E-state index in [1.54, 1.807) is 42.1 Å². The molecule has 1 saturated heterocycles. The highest BCUT2D eigenvalue weighted by Crippen LogP contribution is 2.40. The van der Waals surface area contributed by atoms with Crippen molar-refractivity contribution in [3.8, 4) is 0 Å². The van der Waals surface area contributed by atoms with Gasteiger partial charge in [-0.05, 0) is 60.4 Å². The lowest BCUT2D eigenvalue weighted by Gasteiger charge is -2.36. The summed E-state index contributed by atoms with van der Waals surface area (Å²) in [5, 5.41) is 30.2. The average Bonchev–Trinajstić information content (AvgIpc) is 2.98. The van der Waals surface area contributed by atoms with Crippen molar-refractivity contribution in [2.45, 2.75) is 62.1 Å². The number of nitrogens with one attached hydrogen (secondary N) is 1. The molecule has 9 nitrogen and oxygen atoms in total. The van der Waals surface area contributed by atoms with Gasteiger partial charge in [-0.3, -0.25) is 9.59 Å². The lowest BCUT2D eigenvalue weighted by Crippen LogP contribution is -2.31. The summed E-state index contributed by atoms with van der Waals surface area (Å²) in [5.74, 6) is -1.42. The van der Waals surface area contributed by atoms with E-state index in [2.05, 4.69) is 5.32 Å². The molecule has 0 radical (unpaired) electrons. The molecule has 216 valence electrons. The maximum atomic E-state index is 12.4. The first-order valence-corrected chi connectivity index (χ1v) is 14.4. The van der Waals surface area contributed by atoms with Gasteiger partial charge in [0, 0.05) is 41.2 Å². The molecule has 1 fully saturated rings. The Morgan fingerprint density at radius 1 is 0.878 bits per heavy atom. The normalized spacial score (nSPS) is 18.5. The summed E-state index contributed by atoms with van der Waals surface area (Å²) in [5.41, 5.74) is 3.33. The van der Waals surface area contributed by atoms with Gasteiger partial charge in [-0.25, -0.2) is 4.79 Å². The first-order chi connectivity index (χ1) is 19.8. The summed E-state index contributed by atoms with van der Waals surface area (Å²) in [4.78, 5) is 35.2. The summed E-state index contributed by atoms with van der Waals surface area (Å²) in [6.45, 7) is -0.0461. The van der Waals surface area contributed by atoms with Crippen LogP contribution >= 0.6 is 11.8 Å². The lowest BCUT2D eigenvalue weighted by molar-refractivity contribution is -0.245. The number of carbonyl (C=O) groups is 3. The molecule has 0 aliphatic carbocycles. The third-order valence-corrected chi connectivity index (χ3v) is 7.78. The molecular formula is C31H33NO8S. The lowest BCUT2D eigenvalue weighted by atomic mass is 10.0. The number of hydrogen-bond donors (Lipinski definition) is 4. The molecule has 0 saturated carbocycles. The van der Waals surface area contributed by atoms with Gasteiger partial charge in [0.25, 0.3) is 0 Å². The molecule has 3 aromatic rings. The van der Waals surface area contributed by atoms with E-state index in [0.717, 1.165) is 21.6 Å². The summed E-state index contributed by atoms with van der Waals surface area (Å²) in [6, 6.07) is 21.6. The molecule has 1 aliphatic heterocycles. The van der Waals surface area contributed by atoms with E-state index >= 15 is 0 Å². The van der Waals surface area contributed by atoms with Gasteiger partial charge in [0.2, 0.25) is 5.91 Å². The highest BCUT2D eigenvalue weighted by Gasteiger charge is 2.32. The molecule has 3 aromatic carbocycles. The second kappa shape index (κ2) is 14.8. The van der Waals surface area contributed by atoms with Gasteiger partial charge < -0.3 is 30.1 Å². The number of aliphatic hydroxyl groups is 1. The van der Waals surface area contributed by atoms with E-state index in [1.165, 1.54) is 0 Å². The smallest absolute Gasteiger partial charge is 0.335 e. The van der Waals surface area contributed by atoms with Crippen LogP contribution in [0.1, 0.15) is 71.5 Å². The minimum absolute atomic E-state index is 0.0378. The topological polar surface area (TPSA) is 142 Å². The van der Waals surface area contributed by atoms with Crippen LogP contribution in [0.15, 0.2) is 77.7 Å². The number of anilines is 1. The largest absolute Gasteiger partial charge is 0.481 e. The first-order valence-electron chi connectivity index (χ1n) is 13.4. The number of benzene rings is 3. The van der Waals surface area contributed by atoms with Crippen LogP contribution in [-0.4, -0.2) is 45.0 Å². The third-order valence-electron chi connectivity index (χ3n) is 6.64. The molecule has 10 heteroatoms. The standard InChI is InChI=1S/C31H33NO8S/c33-18-20-8-10-21(11-9-20)27-17-25(19-41-26-14-12-22(13-15-26)30(37)38)39-31(40-27)23-4-3-5-24(16-23)32-28(34)6-1-2-7-29(35)36/h3-5,8-16,25,27,31,33H,1-2,6-7,17-19H2,(H,32,34)(H,35,36)(H,37,38)/t25-,27+,31+/m0/s1. The molecule has 1 heterocycles. The second-order valence-corrected chi connectivity index (χ2v) is 10.9. The molecule has 41 heavy (non-hydrogen) atoms. The van der Waals surface area contributed by atoms with Crippen molar-refractivity contribution in [1.29, 1.82) is 0 Å². The Labute approximate surface area is 242 Å². The van der Waals surface area contributed by atoms with Crippen molar-refractivity contribution in [3.05, 3.63) is 95.1 Å². The Bertz CT molecular complexity index is 1330. The van der Waals surface area contributed by atoms with E-state index < -0.39 is 18.2 Å². The van der Waals surface area contributed by atoms with Gasteiger partial charge in [0.05, 0.1) is 24.4 Å². The monoisotopic (exact) mass is 579 g/mol. The Kier molecular flexibility index (Phi) is 10.9. The van der Waals surface area contributed by atoms with E-state index in [-0.39, 0.29) is 43.1 Å². The van der Waals surface area contributed by atoms with Crippen molar-refractivity contribution in [2.24, 2.45) is 0 Å². The highest BCUT2D eigenvalue weighted by molar-refractivity contribution is 7.99. The van der Waals surface area contributed by atoms with Gasteiger partial charge in [-0.2, -0.15) is 0 Å². The molecule has 1 aliphatic rings. The van der Waals surface area contributed by atoms with E-state index in [4.69, 9.17) is 19.7 Å². The molecule has 1 amide bonds. The molecule has 3 atom stereocenters. The molecule has 4 rings (SSSR count). The number of carbonyl (C=O) groups excluding carboxylic acids is 1. The van der Waals surface area contributed by atoms with E-state index in [0.29, 0.717) is 30.7 Å². The number of ether oxygens (including phenoxy) is 2. The number of unbranched alkanes of at least 4 members (excludes halogenated alkanes) is 1. The number of hydrogen-bond acceptors (Lipinski definition) is 7. The number of aliphatic carboxylic acids is 1. The van der Waals surface area contributed by atoms with Crippen LogP contribution in [0.4, 0.5) is 5.69 Å². The van der Waals surface area contributed by atoms with Crippen LogP contribution in [0.25, 0.3) is 0 Å². The first kappa shape index (κ1) is 30.3. The highest BCUT2D eigenvalue weighted by atomic mass is 32.2. The predicted octanol–water partition coefficient (Wildman–Crippen LogP) is 5.80. The number of rotatable bonds is 13. The summed E-state index contributed by atoms with van der Waals surface area (Å²) < 4.78 is 12.8. The van der Waals surface area contributed by atoms with Gasteiger partial charge in [0.1, 0.15) is 0 Å².